The molecular formula is C22H29BrFN5O4. The molecule has 2 bridgehead atoms. The predicted molar refractivity (Wildman–Crippen MR) is 123 cm³/mol. The Labute approximate surface area is 200 Å². The zero-order valence-corrected chi connectivity index (χ0v) is 20.3. The number of nitrogens with one attached hydrogen (secondary N) is 3. The van der Waals surface area contributed by atoms with E-state index in [1.165, 1.54) is 6.07 Å². The van der Waals surface area contributed by atoms with E-state index in [1.807, 2.05) is 6.92 Å². The number of aromatic nitrogens is 2. The Kier molecular flexibility index (Phi) is 7.34. The minimum Gasteiger partial charge on any atom is -0.464 e. The first-order valence-electron chi connectivity index (χ1n) is 10.9. The summed E-state index contributed by atoms with van der Waals surface area (Å²) in [5, 5.41) is 9.10. The van der Waals surface area contributed by atoms with Crippen LogP contribution >= 0.6 is 15.9 Å². The molecule has 33 heavy (non-hydrogen) atoms. The summed E-state index contributed by atoms with van der Waals surface area (Å²) < 4.78 is 26.6. The summed E-state index contributed by atoms with van der Waals surface area (Å²) in [6, 6.07) is 4.65. The number of nitrogens with zero attached hydrogens (tertiary/aromatic N) is 2. The van der Waals surface area contributed by atoms with Gasteiger partial charge in [0.25, 0.3) is 0 Å². The van der Waals surface area contributed by atoms with Crippen molar-refractivity contribution >= 4 is 22.0 Å². The molecule has 2 fully saturated rings. The molecular weight excluding hydrogens is 497 g/mol. The molecule has 1 saturated carbocycles. The molecule has 0 radical (unpaired) electrons. The number of fused-ring (bicyclic) bond motifs is 2. The lowest BCUT2D eigenvalue weighted by Gasteiger charge is -2.43. The number of carbonyl (C=O) groups is 1. The number of benzene rings is 1. The number of amides is 1. The first kappa shape index (κ1) is 24.1. The number of carboxylic acid groups (broad SMARTS) is 1. The maximum absolute atomic E-state index is 14.5. The summed E-state index contributed by atoms with van der Waals surface area (Å²) in [7, 11) is 3.18. The van der Waals surface area contributed by atoms with Crippen LogP contribution in [0.4, 0.5) is 9.18 Å². The highest BCUT2D eigenvalue weighted by Gasteiger charge is 2.52. The molecule has 4 N–H and O–H groups in total. The summed E-state index contributed by atoms with van der Waals surface area (Å²) in [5.41, 5.74) is 6.15. The molecule has 11 heteroatoms. The highest BCUT2D eigenvalue weighted by molar-refractivity contribution is 9.10. The first-order valence-corrected chi connectivity index (χ1v) is 11.7. The number of ether oxygens (including phenoxy) is 2. The van der Waals surface area contributed by atoms with Crippen molar-refractivity contribution in [3.63, 3.8) is 0 Å². The third-order valence-electron chi connectivity index (χ3n) is 6.80. The molecule has 0 spiro atoms. The van der Waals surface area contributed by atoms with Crippen LogP contribution < -0.4 is 10.9 Å². The molecule has 4 rings (SSSR count). The molecule has 1 saturated heterocycles. The van der Waals surface area contributed by atoms with Crippen molar-refractivity contribution in [3.8, 4) is 11.3 Å². The lowest BCUT2D eigenvalue weighted by Crippen LogP contribution is -2.62. The number of hydrogen-bond acceptors (Lipinski definition) is 6. The van der Waals surface area contributed by atoms with E-state index in [9.17, 15) is 9.18 Å². The second-order valence-corrected chi connectivity index (χ2v) is 9.51. The monoisotopic (exact) mass is 525 g/mol. The Morgan fingerprint density at radius 3 is 2.82 bits per heavy atom. The van der Waals surface area contributed by atoms with E-state index in [1.54, 1.807) is 32.5 Å². The molecule has 1 aromatic heterocycles. The number of hydrazine groups is 1. The SMILES string of the molecule is COC([C@@H](NNC(=O)O)[C@@H](C)OC)N1C(c2ncc(-c3ccc(Br)cc3F)[nH]2)[C@H]2CC[C@@H]1C2. The standard InChI is InChI=1S/C22H29BrFN5O4/c1-11(32-2)18(27-28-22(30)31)21(33-3)29-14-6-4-12(8-14)19(29)20-25-10-17(26-20)15-7-5-13(23)9-16(15)24/h5,7,9-12,14,18-19,21,27-28H,4,6,8H2,1-3H3,(H,25,26)(H,30,31)/t11-,12+,14-,18+,19?,21?/m1/s1. The van der Waals surface area contributed by atoms with E-state index in [2.05, 4.69) is 41.6 Å². The number of rotatable bonds is 9. The Hall–Kier alpha value is -2.05. The van der Waals surface area contributed by atoms with E-state index in [4.69, 9.17) is 14.6 Å². The van der Waals surface area contributed by atoms with Crippen LogP contribution in [0.25, 0.3) is 11.3 Å². The molecule has 1 aromatic carbocycles. The molecule has 6 atom stereocenters. The Bertz CT molecular complexity index is 991. The van der Waals surface area contributed by atoms with E-state index in [0.717, 1.165) is 25.1 Å². The molecule has 1 aliphatic carbocycles. The fourth-order valence-electron chi connectivity index (χ4n) is 5.25. The van der Waals surface area contributed by atoms with Gasteiger partial charge in [-0.3, -0.25) is 10.3 Å². The molecule has 2 aromatic rings. The van der Waals surface area contributed by atoms with E-state index < -0.39 is 18.4 Å². The molecule has 1 amide bonds. The fourth-order valence-corrected chi connectivity index (χ4v) is 5.58. The summed E-state index contributed by atoms with van der Waals surface area (Å²) in [5.74, 6) is 0.779. The van der Waals surface area contributed by atoms with Crippen molar-refractivity contribution < 1.29 is 23.8 Å². The quantitative estimate of drug-likeness (QED) is 0.369. The zero-order valence-electron chi connectivity index (χ0n) is 18.7. The molecule has 2 heterocycles. The van der Waals surface area contributed by atoms with Crippen LogP contribution in [-0.4, -0.2) is 64.7 Å². The maximum Gasteiger partial charge on any atom is 0.419 e. The van der Waals surface area contributed by atoms with Crippen molar-refractivity contribution in [1.29, 1.82) is 0 Å². The van der Waals surface area contributed by atoms with Crippen LogP contribution in [0.5, 0.6) is 0 Å². The van der Waals surface area contributed by atoms with E-state index >= 15 is 0 Å². The zero-order chi connectivity index (χ0) is 23.7. The number of H-pyrrole nitrogens is 1. The van der Waals surface area contributed by atoms with Crippen LogP contribution in [0.3, 0.4) is 0 Å². The van der Waals surface area contributed by atoms with Crippen molar-refractivity contribution in [3.05, 3.63) is 40.5 Å². The molecule has 1 aliphatic heterocycles. The lowest BCUT2D eigenvalue weighted by molar-refractivity contribution is -0.120. The lowest BCUT2D eigenvalue weighted by atomic mass is 9.96. The van der Waals surface area contributed by atoms with Gasteiger partial charge in [-0.05, 0) is 50.3 Å². The first-order chi connectivity index (χ1) is 15.8. The van der Waals surface area contributed by atoms with Crippen LogP contribution in [0, 0.1) is 11.7 Å². The van der Waals surface area contributed by atoms with Gasteiger partial charge in [-0.2, -0.15) is 0 Å². The van der Waals surface area contributed by atoms with Gasteiger partial charge in [0.1, 0.15) is 17.9 Å². The van der Waals surface area contributed by atoms with Crippen molar-refractivity contribution in [1.82, 2.24) is 25.7 Å². The van der Waals surface area contributed by atoms with Crippen LogP contribution in [0.2, 0.25) is 0 Å². The third-order valence-corrected chi connectivity index (χ3v) is 7.29. The molecule has 2 unspecified atom stereocenters. The van der Waals surface area contributed by atoms with Gasteiger partial charge in [-0.15, -0.1) is 0 Å². The number of hydrogen-bond donors (Lipinski definition) is 4. The van der Waals surface area contributed by atoms with Gasteiger partial charge in [-0.1, -0.05) is 15.9 Å². The van der Waals surface area contributed by atoms with Crippen molar-refractivity contribution in [2.24, 2.45) is 5.92 Å². The second-order valence-electron chi connectivity index (χ2n) is 8.59. The van der Waals surface area contributed by atoms with Gasteiger partial charge in [0.05, 0.1) is 30.1 Å². The van der Waals surface area contributed by atoms with Gasteiger partial charge in [0.2, 0.25) is 0 Å². The highest BCUT2D eigenvalue weighted by Crippen LogP contribution is 2.51. The summed E-state index contributed by atoms with van der Waals surface area (Å²) in [4.78, 5) is 21.3. The van der Waals surface area contributed by atoms with Crippen molar-refractivity contribution in [2.45, 2.75) is 56.6 Å². The minimum atomic E-state index is -1.19. The van der Waals surface area contributed by atoms with Crippen LogP contribution in [0.15, 0.2) is 28.9 Å². The normalized spacial score (nSPS) is 25.2. The maximum atomic E-state index is 14.5. The summed E-state index contributed by atoms with van der Waals surface area (Å²) in [6.45, 7) is 1.86. The number of imidazole rings is 1. The summed E-state index contributed by atoms with van der Waals surface area (Å²) in [6.07, 6.45) is 2.73. The fraction of sp³-hybridized carbons (Fsp3) is 0.545. The number of likely N-dealkylation sites (tertiary alicyclic amines) is 1. The number of halogens is 2. The largest absolute Gasteiger partial charge is 0.464 e. The molecule has 180 valence electrons. The van der Waals surface area contributed by atoms with Gasteiger partial charge < -0.3 is 19.6 Å². The van der Waals surface area contributed by atoms with E-state index in [-0.39, 0.29) is 24.0 Å². The molecule has 9 nitrogen and oxygen atoms in total. The number of piperidine rings is 1. The number of aromatic amines is 1. The van der Waals surface area contributed by atoms with Gasteiger partial charge in [0.15, 0.2) is 0 Å². The van der Waals surface area contributed by atoms with Crippen LogP contribution in [0.1, 0.15) is 38.1 Å². The van der Waals surface area contributed by atoms with Gasteiger partial charge in [-0.25, -0.2) is 19.6 Å². The van der Waals surface area contributed by atoms with Gasteiger partial charge >= 0.3 is 6.09 Å². The average Bonchev–Trinajstić information content (AvgIpc) is 3.52. The smallest absolute Gasteiger partial charge is 0.419 e. The third kappa shape index (κ3) is 4.78. The number of methoxy groups -OCH3 is 2. The Balaban J connectivity index is 1.65. The Morgan fingerprint density at radius 2 is 2.15 bits per heavy atom. The second kappa shape index (κ2) is 10.1. The van der Waals surface area contributed by atoms with Gasteiger partial charge in [0, 0.05) is 30.3 Å². The Morgan fingerprint density at radius 1 is 1.36 bits per heavy atom. The van der Waals surface area contributed by atoms with Crippen LogP contribution in [-0.2, 0) is 9.47 Å². The van der Waals surface area contributed by atoms with E-state index in [0.29, 0.717) is 21.6 Å². The minimum absolute atomic E-state index is 0.0702. The van der Waals surface area contributed by atoms with Crippen molar-refractivity contribution in [2.75, 3.05) is 14.2 Å². The topological polar surface area (TPSA) is 112 Å². The molecule has 2 aliphatic rings. The highest BCUT2D eigenvalue weighted by atomic mass is 79.9. The predicted octanol–water partition coefficient (Wildman–Crippen LogP) is 3.65. The summed E-state index contributed by atoms with van der Waals surface area (Å²) >= 11 is 3.29. The average molecular weight is 526 g/mol.